The average Bonchev–Trinajstić information content (AvgIpc) is 3.09. The number of fused-ring (bicyclic) bond motifs is 4. The maximum absolute atomic E-state index is 10.2. The van der Waals surface area contributed by atoms with Crippen LogP contribution in [0.2, 0.25) is 0 Å². The number of furan rings is 1. The van der Waals surface area contributed by atoms with Gasteiger partial charge in [-0.05, 0) is 32.0 Å². The number of methoxy groups -OCH3 is 1. The van der Waals surface area contributed by atoms with E-state index in [-0.39, 0.29) is 6.10 Å². The lowest BCUT2D eigenvalue weighted by Gasteiger charge is -2.24. The third-order valence-corrected chi connectivity index (χ3v) is 4.24. The molecule has 1 aliphatic heterocycles. The van der Waals surface area contributed by atoms with E-state index in [4.69, 9.17) is 13.9 Å². The van der Waals surface area contributed by atoms with Crippen molar-refractivity contribution in [3.8, 4) is 11.5 Å². The Balaban J connectivity index is 2.01. The van der Waals surface area contributed by atoms with Crippen LogP contribution in [0.1, 0.15) is 19.4 Å². The lowest BCUT2D eigenvalue weighted by Crippen LogP contribution is -2.39. The Bertz CT molecular complexity index is 876. The van der Waals surface area contributed by atoms with Gasteiger partial charge in [0.2, 0.25) is 5.71 Å². The highest BCUT2D eigenvalue weighted by Gasteiger charge is 2.36. The summed E-state index contributed by atoms with van der Waals surface area (Å²) in [6, 6.07) is 5.64. The molecule has 0 bridgehead atoms. The van der Waals surface area contributed by atoms with Crippen LogP contribution >= 0.6 is 0 Å². The van der Waals surface area contributed by atoms with Crippen LogP contribution < -0.4 is 9.47 Å². The van der Waals surface area contributed by atoms with Crippen LogP contribution in [0.5, 0.6) is 11.5 Å². The highest BCUT2D eigenvalue weighted by Crippen LogP contribution is 2.43. The van der Waals surface area contributed by atoms with E-state index < -0.39 is 5.60 Å². The number of benzene rings is 1. The minimum absolute atomic E-state index is 0.280. The van der Waals surface area contributed by atoms with E-state index in [1.54, 1.807) is 27.2 Å². The molecule has 0 radical (unpaired) electrons. The second-order valence-corrected chi connectivity index (χ2v) is 6.19. The zero-order valence-electron chi connectivity index (χ0n) is 12.7. The molecule has 1 N–H and O–H groups in total. The first-order valence-electron chi connectivity index (χ1n) is 7.25. The third-order valence-electron chi connectivity index (χ3n) is 4.24. The number of aromatic nitrogens is 1. The fourth-order valence-corrected chi connectivity index (χ4v) is 3.07. The molecule has 0 amide bonds. The van der Waals surface area contributed by atoms with Gasteiger partial charge in [-0.2, -0.15) is 0 Å². The van der Waals surface area contributed by atoms with Crippen molar-refractivity contribution < 1.29 is 19.0 Å². The predicted octanol–water partition coefficient (Wildman–Crippen LogP) is 3.06. The zero-order valence-corrected chi connectivity index (χ0v) is 12.7. The fourth-order valence-electron chi connectivity index (χ4n) is 3.07. The van der Waals surface area contributed by atoms with Crippen molar-refractivity contribution in [2.75, 3.05) is 7.11 Å². The molecule has 5 heteroatoms. The standard InChI is InChI=1S/C17H17NO4/c1-17(2,19)13-8-10-12(22-13)5-4-11-14(10)15(20-3)9-6-7-21-16(9)18-11/h4-7,13,19H,8H2,1-3H3. The Morgan fingerprint density at radius 2 is 2.14 bits per heavy atom. The molecule has 1 unspecified atom stereocenters. The number of pyridine rings is 1. The van der Waals surface area contributed by atoms with Crippen LogP contribution in [0.25, 0.3) is 22.0 Å². The van der Waals surface area contributed by atoms with E-state index in [2.05, 4.69) is 4.98 Å². The van der Waals surface area contributed by atoms with E-state index in [9.17, 15) is 5.11 Å². The Kier molecular flexibility index (Phi) is 2.66. The molecule has 1 aromatic carbocycles. The smallest absolute Gasteiger partial charge is 0.230 e. The number of hydrogen-bond donors (Lipinski definition) is 1. The van der Waals surface area contributed by atoms with Gasteiger partial charge in [-0.25, -0.2) is 4.98 Å². The van der Waals surface area contributed by atoms with Crippen LogP contribution in [0.3, 0.4) is 0 Å². The summed E-state index contributed by atoms with van der Waals surface area (Å²) in [5.74, 6) is 1.52. The summed E-state index contributed by atoms with van der Waals surface area (Å²) in [5.41, 5.74) is 1.48. The van der Waals surface area contributed by atoms with Gasteiger partial charge < -0.3 is 19.0 Å². The number of ether oxygens (including phenoxy) is 2. The van der Waals surface area contributed by atoms with Gasteiger partial charge >= 0.3 is 0 Å². The molecule has 5 nitrogen and oxygen atoms in total. The molecule has 1 atom stereocenters. The van der Waals surface area contributed by atoms with Gasteiger partial charge in [0.1, 0.15) is 17.6 Å². The first-order chi connectivity index (χ1) is 10.5. The van der Waals surface area contributed by atoms with Gasteiger partial charge in [0.15, 0.2) is 0 Å². The quantitative estimate of drug-likeness (QED) is 0.788. The molecule has 0 saturated heterocycles. The van der Waals surface area contributed by atoms with Crippen LogP contribution in [-0.2, 0) is 6.42 Å². The number of aliphatic hydroxyl groups is 1. The second kappa shape index (κ2) is 4.36. The first kappa shape index (κ1) is 13.4. The summed E-state index contributed by atoms with van der Waals surface area (Å²) < 4.78 is 16.9. The maximum Gasteiger partial charge on any atom is 0.230 e. The maximum atomic E-state index is 10.2. The topological polar surface area (TPSA) is 64.7 Å². The summed E-state index contributed by atoms with van der Waals surface area (Å²) in [7, 11) is 1.64. The van der Waals surface area contributed by atoms with Gasteiger partial charge in [-0.15, -0.1) is 0 Å². The monoisotopic (exact) mass is 299 g/mol. The summed E-state index contributed by atoms with van der Waals surface area (Å²) in [6.45, 7) is 3.52. The molecule has 0 spiro atoms. The van der Waals surface area contributed by atoms with Crippen molar-refractivity contribution in [3.05, 3.63) is 30.0 Å². The van der Waals surface area contributed by atoms with E-state index in [1.807, 2.05) is 18.2 Å². The van der Waals surface area contributed by atoms with Gasteiger partial charge in [0.05, 0.1) is 35.3 Å². The van der Waals surface area contributed by atoms with E-state index in [1.165, 1.54) is 0 Å². The summed E-state index contributed by atoms with van der Waals surface area (Å²) >= 11 is 0. The highest BCUT2D eigenvalue weighted by atomic mass is 16.5. The fraction of sp³-hybridized carbons (Fsp3) is 0.353. The Morgan fingerprint density at radius 3 is 2.86 bits per heavy atom. The van der Waals surface area contributed by atoms with Crippen molar-refractivity contribution in [2.45, 2.75) is 32.0 Å². The molecular formula is C17H17NO4. The first-order valence-corrected chi connectivity index (χ1v) is 7.25. The lowest BCUT2D eigenvalue weighted by molar-refractivity contribution is -0.0229. The minimum atomic E-state index is -0.911. The summed E-state index contributed by atoms with van der Waals surface area (Å²) in [6.07, 6.45) is 1.95. The number of rotatable bonds is 2. The lowest BCUT2D eigenvalue weighted by atomic mass is 9.95. The SMILES string of the molecule is COc1c2ccoc2nc2ccc3c(c12)CC(C(C)(C)O)O3. The van der Waals surface area contributed by atoms with Crippen molar-refractivity contribution in [1.29, 1.82) is 0 Å². The summed E-state index contributed by atoms with van der Waals surface area (Å²) in [5, 5.41) is 12.0. The Morgan fingerprint density at radius 1 is 1.32 bits per heavy atom. The van der Waals surface area contributed by atoms with Crippen molar-refractivity contribution in [1.82, 2.24) is 4.98 Å². The molecule has 2 aromatic heterocycles. The Labute approximate surface area is 127 Å². The van der Waals surface area contributed by atoms with Crippen molar-refractivity contribution in [3.63, 3.8) is 0 Å². The molecule has 1 aliphatic rings. The number of nitrogens with zero attached hydrogens (tertiary/aromatic N) is 1. The van der Waals surface area contributed by atoms with Crippen molar-refractivity contribution in [2.24, 2.45) is 0 Å². The van der Waals surface area contributed by atoms with Crippen LogP contribution in [0, 0.1) is 0 Å². The van der Waals surface area contributed by atoms with E-state index >= 15 is 0 Å². The van der Waals surface area contributed by atoms with E-state index in [0.29, 0.717) is 12.1 Å². The molecule has 3 aromatic rings. The largest absolute Gasteiger partial charge is 0.495 e. The molecule has 0 aliphatic carbocycles. The van der Waals surface area contributed by atoms with Gasteiger partial charge in [0.25, 0.3) is 0 Å². The molecule has 4 rings (SSSR count). The molecule has 0 saturated carbocycles. The number of hydrogen-bond acceptors (Lipinski definition) is 5. The average molecular weight is 299 g/mol. The third kappa shape index (κ3) is 1.78. The van der Waals surface area contributed by atoms with Gasteiger partial charge in [0, 0.05) is 12.0 Å². The van der Waals surface area contributed by atoms with Crippen molar-refractivity contribution >= 4 is 22.0 Å². The van der Waals surface area contributed by atoms with Gasteiger partial charge in [-0.1, -0.05) is 0 Å². The normalized spacial score (nSPS) is 17.7. The molecule has 22 heavy (non-hydrogen) atoms. The second-order valence-electron chi connectivity index (χ2n) is 6.19. The van der Waals surface area contributed by atoms with E-state index in [0.717, 1.165) is 33.4 Å². The van der Waals surface area contributed by atoms with Gasteiger partial charge in [-0.3, -0.25) is 0 Å². The minimum Gasteiger partial charge on any atom is -0.495 e. The molecule has 3 heterocycles. The molecule has 114 valence electrons. The highest BCUT2D eigenvalue weighted by molar-refractivity contribution is 6.02. The summed E-state index contributed by atoms with van der Waals surface area (Å²) in [4.78, 5) is 4.55. The zero-order chi connectivity index (χ0) is 15.5. The van der Waals surface area contributed by atoms with Crippen LogP contribution in [-0.4, -0.2) is 28.9 Å². The molecule has 0 fully saturated rings. The molecular weight excluding hydrogens is 282 g/mol. The van der Waals surface area contributed by atoms with Crippen LogP contribution in [0.15, 0.2) is 28.9 Å². The van der Waals surface area contributed by atoms with Crippen LogP contribution in [0.4, 0.5) is 0 Å². The predicted molar refractivity (Wildman–Crippen MR) is 82.5 cm³/mol. The Hall–Kier alpha value is -2.27.